The number of aliphatic hydroxyl groups is 1. The van der Waals surface area contributed by atoms with Crippen molar-refractivity contribution in [3.05, 3.63) is 52.5 Å². The van der Waals surface area contributed by atoms with Crippen molar-refractivity contribution in [2.45, 2.75) is 38.3 Å². The van der Waals surface area contributed by atoms with Crippen LogP contribution in [0.15, 0.2) is 42.0 Å². The highest BCUT2D eigenvalue weighted by molar-refractivity contribution is 7.10. The Morgan fingerprint density at radius 2 is 2.25 bits per heavy atom. The number of hydrogen-bond acceptors (Lipinski definition) is 5. The maximum atomic E-state index is 10.5. The highest BCUT2D eigenvalue weighted by Crippen LogP contribution is 2.34. The summed E-state index contributed by atoms with van der Waals surface area (Å²) in [5, 5.41) is 13.7. The van der Waals surface area contributed by atoms with Crippen LogP contribution in [0, 0.1) is 6.92 Å². The second kappa shape index (κ2) is 6.49. The molecule has 2 atom stereocenters. The number of hydrogen-bond donors (Lipinski definition) is 1. The smallest absolute Gasteiger partial charge is 0.140 e. The predicted molar refractivity (Wildman–Crippen MR) is 98.5 cm³/mol. The number of anilines is 1. The fourth-order valence-electron chi connectivity index (χ4n) is 3.60. The van der Waals surface area contributed by atoms with E-state index in [9.17, 15) is 5.11 Å². The van der Waals surface area contributed by atoms with Crippen LogP contribution in [0.2, 0.25) is 0 Å². The van der Waals surface area contributed by atoms with E-state index in [0.29, 0.717) is 6.04 Å². The Balaban J connectivity index is 1.64. The summed E-state index contributed by atoms with van der Waals surface area (Å²) in [5.74, 6) is 1.00. The first kappa shape index (κ1) is 15.5. The Kier molecular flexibility index (Phi) is 4.21. The lowest BCUT2D eigenvalue weighted by atomic mass is 10.1. The second-order valence-electron chi connectivity index (χ2n) is 6.47. The molecule has 124 valence electrons. The molecular formula is C19H21N3OS. The topological polar surface area (TPSA) is 49.2 Å². The van der Waals surface area contributed by atoms with Crippen molar-refractivity contribution in [1.29, 1.82) is 0 Å². The minimum absolute atomic E-state index is 0.320. The van der Waals surface area contributed by atoms with E-state index in [1.54, 1.807) is 17.7 Å². The fraction of sp³-hybridized carbons (Fsp3) is 0.368. The van der Waals surface area contributed by atoms with Crippen LogP contribution >= 0.6 is 11.3 Å². The second-order valence-corrected chi connectivity index (χ2v) is 7.45. The average Bonchev–Trinajstić information content (AvgIpc) is 3.26. The monoisotopic (exact) mass is 339 g/mol. The first-order valence-corrected chi connectivity index (χ1v) is 9.30. The van der Waals surface area contributed by atoms with Gasteiger partial charge >= 0.3 is 0 Å². The van der Waals surface area contributed by atoms with Crippen LogP contribution in [0.4, 0.5) is 5.82 Å². The SMILES string of the molecule is Cc1ccc2ncnc(N3CCCC3CC(O)c3cccs3)c2c1. The maximum absolute atomic E-state index is 10.5. The third-order valence-electron chi connectivity index (χ3n) is 4.79. The lowest BCUT2D eigenvalue weighted by Gasteiger charge is -2.28. The number of aryl methyl sites for hydroxylation is 1. The van der Waals surface area contributed by atoms with Crippen LogP contribution in [0.1, 0.15) is 35.8 Å². The van der Waals surface area contributed by atoms with Crippen molar-refractivity contribution in [1.82, 2.24) is 9.97 Å². The third kappa shape index (κ3) is 2.89. The van der Waals surface area contributed by atoms with Gasteiger partial charge in [0.2, 0.25) is 0 Å². The van der Waals surface area contributed by atoms with Gasteiger partial charge in [-0.2, -0.15) is 0 Å². The summed E-state index contributed by atoms with van der Waals surface area (Å²) in [6.07, 6.45) is 4.24. The van der Waals surface area contributed by atoms with Gasteiger partial charge in [-0.05, 0) is 49.8 Å². The number of aromatic nitrogens is 2. The summed E-state index contributed by atoms with van der Waals surface area (Å²) in [5.41, 5.74) is 2.20. The molecule has 1 saturated heterocycles. The molecule has 0 amide bonds. The Labute approximate surface area is 145 Å². The third-order valence-corrected chi connectivity index (χ3v) is 5.76. The van der Waals surface area contributed by atoms with Crippen LogP contribution in [0.3, 0.4) is 0 Å². The van der Waals surface area contributed by atoms with E-state index in [0.717, 1.165) is 47.4 Å². The van der Waals surface area contributed by atoms with Gasteiger partial charge in [0, 0.05) is 22.8 Å². The van der Waals surface area contributed by atoms with Crippen LogP contribution in [0.25, 0.3) is 10.9 Å². The van der Waals surface area contributed by atoms with Crippen LogP contribution < -0.4 is 4.90 Å². The van der Waals surface area contributed by atoms with Gasteiger partial charge in [-0.3, -0.25) is 0 Å². The summed E-state index contributed by atoms with van der Waals surface area (Å²) in [4.78, 5) is 12.4. The first-order chi connectivity index (χ1) is 11.7. The number of rotatable bonds is 4. The van der Waals surface area contributed by atoms with Crippen molar-refractivity contribution in [2.75, 3.05) is 11.4 Å². The molecular weight excluding hydrogens is 318 g/mol. The normalized spacial score (nSPS) is 19.1. The zero-order valence-electron chi connectivity index (χ0n) is 13.7. The molecule has 1 fully saturated rings. The minimum atomic E-state index is -0.398. The molecule has 0 bridgehead atoms. The standard InChI is InChI=1S/C19H21N3OS/c1-13-6-7-16-15(10-13)19(21-12-20-16)22-8-2-4-14(22)11-17(23)18-5-3-9-24-18/h3,5-7,9-10,12,14,17,23H,2,4,8,11H2,1H3. The molecule has 2 unspecified atom stereocenters. The van der Waals surface area contributed by atoms with Gasteiger partial charge in [0.15, 0.2) is 0 Å². The van der Waals surface area contributed by atoms with Gasteiger partial charge in [-0.15, -0.1) is 11.3 Å². The molecule has 4 nitrogen and oxygen atoms in total. The van der Waals surface area contributed by atoms with Gasteiger partial charge in [0.1, 0.15) is 12.1 Å². The van der Waals surface area contributed by atoms with Gasteiger partial charge in [0.25, 0.3) is 0 Å². The van der Waals surface area contributed by atoms with E-state index in [2.05, 4.69) is 40.0 Å². The van der Waals surface area contributed by atoms with E-state index in [1.165, 1.54) is 5.56 Å². The molecule has 3 aromatic rings. The van der Waals surface area contributed by atoms with Crippen molar-refractivity contribution in [3.63, 3.8) is 0 Å². The largest absolute Gasteiger partial charge is 0.387 e. The highest BCUT2D eigenvalue weighted by atomic mass is 32.1. The lowest BCUT2D eigenvalue weighted by molar-refractivity contribution is 0.161. The van der Waals surface area contributed by atoms with Gasteiger partial charge in [0.05, 0.1) is 11.6 Å². The number of benzene rings is 1. The van der Waals surface area contributed by atoms with Crippen LogP contribution in [0.5, 0.6) is 0 Å². The Bertz CT molecular complexity index is 834. The Hall–Kier alpha value is -1.98. The highest BCUT2D eigenvalue weighted by Gasteiger charge is 2.29. The zero-order valence-corrected chi connectivity index (χ0v) is 14.5. The quantitative estimate of drug-likeness (QED) is 0.778. The zero-order chi connectivity index (χ0) is 16.5. The Morgan fingerprint density at radius 1 is 1.33 bits per heavy atom. The molecule has 5 heteroatoms. The van der Waals surface area contributed by atoms with E-state index >= 15 is 0 Å². The molecule has 0 saturated carbocycles. The molecule has 0 spiro atoms. The average molecular weight is 339 g/mol. The maximum Gasteiger partial charge on any atom is 0.140 e. The van der Waals surface area contributed by atoms with Crippen LogP contribution in [-0.4, -0.2) is 27.7 Å². The molecule has 2 aromatic heterocycles. The minimum Gasteiger partial charge on any atom is -0.387 e. The van der Waals surface area contributed by atoms with Crippen molar-refractivity contribution < 1.29 is 5.11 Å². The molecule has 24 heavy (non-hydrogen) atoms. The molecule has 1 aliphatic heterocycles. The fourth-order valence-corrected chi connectivity index (χ4v) is 4.32. The van der Waals surface area contributed by atoms with E-state index in [-0.39, 0.29) is 0 Å². The predicted octanol–water partition coefficient (Wildman–Crippen LogP) is 4.09. The summed E-state index contributed by atoms with van der Waals surface area (Å²) in [6.45, 7) is 3.08. The molecule has 1 aromatic carbocycles. The molecule has 3 heterocycles. The van der Waals surface area contributed by atoms with Crippen molar-refractivity contribution in [2.24, 2.45) is 0 Å². The summed E-state index contributed by atoms with van der Waals surface area (Å²) < 4.78 is 0. The van der Waals surface area contributed by atoms with E-state index in [1.807, 2.05) is 17.5 Å². The summed E-state index contributed by atoms with van der Waals surface area (Å²) in [6, 6.07) is 10.6. The van der Waals surface area contributed by atoms with E-state index < -0.39 is 6.10 Å². The molecule has 1 aliphatic rings. The van der Waals surface area contributed by atoms with Crippen molar-refractivity contribution in [3.8, 4) is 0 Å². The molecule has 4 rings (SSSR count). The van der Waals surface area contributed by atoms with Gasteiger partial charge in [-0.1, -0.05) is 17.7 Å². The molecule has 1 N–H and O–H groups in total. The number of aliphatic hydroxyl groups excluding tert-OH is 1. The number of thiophene rings is 1. The molecule has 0 radical (unpaired) electrons. The van der Waals surface area contributed by atoms with Crippen LogP contribution in [-0.2, 0) is 0 Å². The lowest BCUT2D eigenvalue weighted by Crippen LogP contribution is -2.31. The van der Waals surface area contributed by atoms with E-state index in [4.69, 9.17) is 0 Å². The van der Waals surface area contributed by atoms with Gasteiger partial charge < -0.3 is 10.0 Å². The summed E-state index contributed by atoms with van der Waals surface area (Å²) >= 11 is 1.62. The van der Waals surface area contributed by atoms with Crippen molar-refractivity contribution >= 4 is 28.1 Å². The molecule has 0 aliphatic carbocycles. The number of nitrogens with zero attached hydrogens (tertiary/aromatic N) is 3. The number of fused-ring (bicyclic) bond motifs is 1. The van der Waals surface area contributed by atoms with Gasteiger partial charge in [-0.25, -0.2) is 9.97 Å². The summed E-state index contributed by atoms with van der Waals surface area (Å²) in [7, 11) is 0. The first-order valence-electron chi connectivity index (χ1n) is 8.42. The Morgan fingerprint density at radius 3 is 3.08 bits per heavy atom.